The summed E-state index contributed by atoms with van der Waals surface area (Å²) in [5, 5.41) is 11.4. The van der Waals surface area contributed by atoms with Gasteiger partial charge in [-0.25, -0.2) is 0 Å². The van der Waals surface area contributed by atoms with E-state index < -0.39 is 0 Å². The van der Waals surface area contributed by atoms with E-state index in [1.807, 2.05) is 17.9 Å². The summed E-state index contributed by atoms with van der Waals surface area (Å²) in [5.74, 6) is 0. The molecular weight excluding hydrogens is 236 g/mol. The molecule has 0 amide bonds. The highest BCUT2D eigenvalue weighted by molar-refractivity contribution is 5.85. The average Bonchev–Trinajstić information content (AvgIpc) is 2.61. The van der Waals surface area contributed by atoms with Crippen LogP contribution < -0.4 is 10.6 Å². The zero-order valence-corrected chi connectivity index (χ0v) is 11.7. The van der Waals surface area contributed by atoms with Crippen LogP contribution in [0.4, 0.5) is 0 Å². The Morgan fingerprint density at radius 1 is 1.59 bits per heavy atom. The van der Waals surface area contributed by atoms with Gasteiger partial charge in [-0.1, -0.05) is 0 Å². The van der Waals surface area contributed by atoms with Crippen molar-refractivity contribution in [1.82, 2.24) is 20.4 Å². The number of halogens is 1. The number of rotatable bonds is 3. The summed E-state index contributed by atoms with van der Waals surface area (Å²) in [6.07, 6.45) is 4.52. The van der Waals surface area contributed by atoms with Crippen molar-refractivity contribution in [1.29, 1.82) is 0 Å². The van der Waals surface area contributed by atoms with Crippen LogP contribution in [0.15, 0.2) is 6.20 Å². The summed E-state index contributed by atoms with van der Waals surface area (Å²) in [6.45, 7) is 6.60. The third-order valence-electron chi connectivity index (χ3n) is 3.52. The fourth-order valence-electron chi connectivity index (χ4n) is 2.38. The monoisotopic (exact) mass is 258 g/mol. The number of aromatic nitrogens is 2. The molecule has 0 radical (unpaired) electrons. The van der Waals surface area contributed by atoms with E-state index in [1.54, 1.807) is 0 Å². The molecule has 1 aromatic rings. The second-order valence-electron chi connectivity index (χ2n) is 4.74. The molecule has 1 fully saturated rings. The van der Waals surface area contributed by atoms with Gasteiger partial charge in [-0.3, -0.25) is 4.68 Å². The molecule has 98 valence electrons. The SMILES string of the molecule is Cc1c(C(C)NC2CCCNC2)cnn1C.Cl. The molecule has 0 aromatic carbocycles. The lowest BCUT2D eigenvalue weighted by Gasteiger charge is -2.27. The lowest BCUT2D eigenvalue weighted by Crippen LogP contribution is -2.44. The van der Waals surface area contributed by atoms with Gasteiger partial charge in [0.15, 0.2) is 0 Å². The van der Waals surface area contributed by atoms with E-state index in [1.165, 1.54) is 30.6 Å². The Hall–Kier alpha value is -0.580. The van der Waals surface area contributed by atoms with Crippen LogP contribution >= 0.6 is 12.4 Å². The van der Waals surface area contributed by atoms with E-state index in [0.717, 1.165) is 6.54 Å². The molecule has 4 nitrogen and oxygen atoms in total. The third kappa shape index (κ3) is 3.44. The Morgan fingerprint density at radius 3 is 2.88 bits per heavy atom. The van der Waals surface area contributed by atoms with E-state index in [0.29, 0.717) is 12.1 Å². The van der Waals surface area contributed by atoms with Crippen molar-refractivity contribution in [2.75, 3.05) is 13.1 Å². The molecule has 2 heterocycles. The van der Waals surface area contributed by atoms with Crippen molar-refractivity contribution in [3.63, 3.8) is 0 Å². The topological polar surface area (TPSA) is 41.9 Å². The van der Waals surface area contributed by atoms with Crippen LogP contribution in [0.3, 0.4) is 0 Å². The van der Waals surface area contributed by atoms with Gasteiger partial charge in [0.1, 0.15) is 0 Å². The maximum absolute atomic E-state index is 4.29. The second-order valence-corrected chi connectivity index (χ2v) is 4.74. The third-order valence-corrected chi connectivity index (χ3v) is 3.52. The second kappa shape index (κ2) is 6.38. The fraction of sp³-hybridized carbons (Fsp3) is 0.750. The van der Waals surface area contributed by atoms with Crippen LogP contribution in [0.2, 0.25) is 0 Å². The van der Waals surface area contributed by atoms with Crippen LogP contribution in [0.25, 0.3) is 0 Å². The van der Waals surface area contributed by atoms with E-state index >= 15 is 0 Å². The minimum atomic E-state index is 0. The number of hydrogen-bond donors (Lipinski definition) is 2. The normalized spacial score (nSPS) is 21.9. The largest absolute Gasteiger partial charge is 0.315 e. The first-order chi connectivity index (χ1) is 7.68. The van der Waals surface area contributed by atoms with Gasteiger partial charge in [0.25, 0.3) is 0 Å². The highest BCUT2D eigenvalue weighted by Crippen LogP contribution is 2.17. The number of piperidine rings is 1. The Morgan fingerprint density at radius 2 is 2.35 bits per heavy atom. The smallest absolute Gasteiger partial charge is 0.0540 e. The molecule has 1 saturated heterocycles. The molecule has 1 aliphatic heterocycles. The Balaban J connectivity index is 0.00000144. The highest BCUT2D eigenvalue weighted by Gasteiger charge is 2.18. The summed E-state index contributed by atoms with van der Waals surface area (Å²) in [6, 6.07) is 0.988. The maximum atomic E-state index is 4.29. The van der Waals surface area contributed by atoms with Crippen LogP contribution in [0.1, 0.15) is 37.1 Å². The molecular formula is C12H23ClN4. The molecule has 2 atom stereocenters. The number of aryl methyl sites for hydroxylation is 1. The molecule has 1 aromatic heterocycles. The minimum absolute atomic E-state index is 0. The molecule has 5 heteroatoms. The molecule has 17 heavy (non-hydrogen) atoms. The van der Waals surface area contributed by atoms with Gasteiger partial charge < -0.3 is 10.6 Å². The maximum Gasteiger partial charge on any atom is 0.0540 e. The van der Waals surface area contributed by atoms with E-state index in [4.69, 9.17) is 0 Å². The van der Waals surface area contributed by atoms with E-state index in [9.17, 15) is 0 Å². The van der Waals surface area contributed by atoms with E-state index in [-0.39, 0.29) is 12.4 Å². The van der Waals surface area contributed by atoms with Crippen molar-refractivity contribution < 1.29 is 0 Å². The quantitative estimate of drug-likeness (QED) is 0.865. The van der Waals surface area contributed by atoms with Crippen molar-refractivity contribution in [2.45, 2.75) is 38.8 Å². The number of nitrogens with one attached hydrogen (secondary N) is 2. The predicted molar refractivity (Wildman–Crippen MR) is 72.6 cm³/mol. The summed E-state index contributed by atoms with van der Waals surface area (Å²) in [5.41, 5.74) is 2.57. The molecule has 2 rings (SSSR count). The first kappa shape index (κ1) is 14.5. The molecule has 0 spiro atoms. The van der Waals surface area contributed by atoms with Crippen LogP contribution in [-0.4, -0.2) is 28.9 Å². The molecule has 0 aliphatic carbocycles. The molecule has 2 N–H and O–H groups in total. The summed E-state index contributed by atoms with van der Waals surface area (Å²) in [7, 11) is 1.99. The standard InChI is InChI=1S/C12H22N4.ClH/c1-9(12-8-14-16(3)10(12)2)15-11-5-4-6-13-7-11;/h8-9,11,13,15H,4-7H2,1-3H3;1H. The van der Waals surface area contributed by atoms with Gasteiger partial charge in [-0.2, -0.15) is 5.10 Å². The molecule has 1 aliphatic rings. The Labute approximate surface area is 110 Å². The average molecular weight is 259 g/mol. The number of hydrogen-bond acceptors (Lipinski definition) is 3. The van der Waals surface area contributed by atoms with Crippen LogP contribution in [0, 0.1) is 6.92 Å². The van der Waals surface area contributed by atoms with Crippen molar-refractivity contribution in [2.24, 2.45) is 7.05 Å². The lowest BCUT2D eigenvalue weighted by atomic mass is 10.0. The minimum Gasteiger partial charge on any atom is -0.315 e. The van der Waals surface area contributed by atoms with Gasteiger partial charge in [-0.05, 0) is 33.2 Å². The molecule has 2 unspecified atom stereocenters. The van der Waals surface area contributed by atoms with Gasteiger partial charge in [0.05, 0.1) is 6.20 Å². The fourth-order valence-corrected chi connectivity index (χ4v) is 2.38. The van der Waals surface area contributed by atoms with Crippen LogP contribution in [-0.2, 0) is 7.05 Å². The molecule has 0 saturated carbocycles. The highest BCUT2D eigenvalue weighted by atomic mass is 35.5. The molecule has 0 bridgehead atoms. The first-order valence-corrected chi connectivity index (χ1v) is 6.13. The Bertz CT molecular complexity index is 344. The summed E-state index contributed by atoms with van der Waals surface area (Å²) >= 11 is 0. The summed E-state index contributed by atoms with van der Waals surface area (Å²) < 4.78 is 1.94. The van der Waals surface area contributed by atoms with Crippen molar-refractivity contribution in [3.05, 3.63) is 17.5 Å². The first-order valence-electron chi connectivity index (χ1n) is 6.13. The number of nitrogens with zero attached hydrogens (tertiary/aromatic N) is 2. The van der Waals surface area contributed by atoms with Crippen molar-refractivity contribution in [3.8, 4) is 0 Å². The van der Waals surface area contributed by atoms with Gasteiger partial charge in [-0.15, -0.1) is 12.4 Å². The Kier molecular flexibility index (Phi) is 5.43. The van der Waals surface area contributed by atoms with Gasteiger partial charge >= 0.3 is 0 Å². The lowest BCUT2D eigenvalue weighted by molar-refractivity contribution is 0.361. The predicted octanol–water partition coefficient (Wildman–Crippen LogP) is 1.55. The van der Waals surface area contributed by atoms with Crippen LogP contribution in [0.5, 0.6) is 0 Å². The van der Waals surface area contributed by atoms with Gasteiger partial charge in [0.2, 0.25) is 0 Å². The van der Waals surface area contributed by atoms with Gasteiger partial charge in [0, 0.05) is 36.9 Å². The van der Waals surface area contributed by atoms with Crippen molar-refractivity contribution >= 4 is 12.4 Å². The zero-order chi connectivity index (χ0) is 11.5. The van der Waals surface area contributed by atoms with E-state index in [2.05, 4.69) is 29.6 Å². The summed E-state index contributed by atoms with van der Waals surface area (Å²) in [4.78, 5) is 0. The zero-order valence-electron chi connectivity index (χ0n) is 10.9.